The first kappa shape index (κ1) is 28.9. The van der Waals surface area contributed by atoms with Crippen LogP contribution in [0.1, 0.15) is 54.5 Å². The van der Waals surface area contributed by atoms with Gasteiger partial charge in [0.2, 0.25) is 11.8 Å². The maximum absolute atomic E-state index is 14.7. The van der Waals surface area contributed by atoms with Crippen LogP contribution in [0.3, 0.4) is 0 Å². The maximum Gasteiger partial charge on any atom is 0.265 e. The number of ether oxygens (including phenoxy) is 1. The summed E-state index contributed by atoms with van der Waals surface area (Å²) in [4.78, 5) is 42.2. The van der Waals surface area contributed by atoms with Crippen molar-refractivity contribution in [2.24, 2.45) is 0 Å². The van der Waals surface area contributed by atoms with Crippen LogP contribution in [0.5, 0.6) is 5.75 Å². The van der Waals surface area contributed by atoms with Gasteiger partial charge in [0, 0.05) is 47.7 Å². The molecule has 10 heteroatoms. The van der Waals surface area contributed by atoms with E-state index in [2.05, 4.69) is 10.6 Å². The van der Waals surface area contributed by atoms with Crippen molar-refractivity contribution in [1.82, 2.24) is 10.2 Å². The van der Waals surface area contributed by atoms with E-state index in [0.717, 1.165) is 0 Å². The Morgan fingerprint density at radius 1 is 1.02 bits per heavy atom. The molecule has 3 unspecified atom stereocenters. The number of likely N-dealkylation sites (N-methyl/N-ethyl adjacent to an activating group) is 1. The third-order valence-corrected chi connectivity index (χ3v) is 8.41. The topological polar surface area (TPSA) is 87.7 Å². The second kappa shape index (κ2) is 10.3. The molecule has 3 aromatic rings. The molecule has 2 heterocycles. The molecule has 41 heavy (non-hydrogen) atoms. The minimum atomic E-state index is -1.44. The number of hydrogen-bond donors (Lipinski definition) is 2. The van der Waals surface area contributed by atoms with Gasteiger partial charge in [-0.05, 0) is 79.9 Å². The number of carbonyl (C=O) groups is 3. The van der Waals surface area contributed by atoms with Crippen molar-refractivity contribution < 1.29 is 23.5 Å². The molecule has 7 nitrogen and oxygen atoms in total. The second-order valence-electron chi connectivity index (χ2n) is 11.3. The summed E-state index contributed by atoms with van der Waals surface area (Å²) in [5.41, 5.74) is 0.0171. The van der Waals surface area contributed by atoms with Gasteiger partial charge in [-0.3, -0.25) is 14.4 Å². The van der Waals surface area contributed by atoms with Crippen LogP contribution in [0.25, 0.3) is 0 Å². The molecule has 2 aliphatic rings. The first-order valence-corrected chi connectivity index (χ1v) is 13.9. The lowest BCUT2D eigenvalue weighted by Crippen LogP contribution is -2.57. The summed E-state index contributed by atoms with van der Waals surface area (Å²) in [5, 5.41) is 6.74. The molecule has 0 saturated carbocycles. The lowest BCUT2D eigenvalue weighted by atomic mass is 9.59. The van der Waals surface area contributed by atoms with Gasteiger partial charge in [0.15, 0.2) is 5.60 Å². The number of anilines is 1. The van der Waals surface area contributed by atoms with Crippen LogP contribution in [0.4, 0.5) is 10.1 Å². The number of fused-ring (bicyclic) bond motifs is 2. The number of rotatable bonds is 5. The zero-order valence-corrected chi connectivity index (χ0v) is 24.8. The van der Waals surface area contributed by atoms with Gasteiger partial charge < -0.3 is 20.3 Å². The number of hydrogen-bond acceptors (Lipinski definition) is 4. The van der Waals surface area contributed by atoms with E-state index in [1.165, 1.54) is 17.0 Å². The standard InChI is InChI=1S/C31H30Cl2FN3O4/c1-16-6-9-19(34)14-20(16)27-31(22-10-7-18(33)13-24(22)35-28(31)39)23(15-26(38)36-27)21-12-17(32)8-11-25(21)41-30(2,3)29(40)37(4)5/h6-14,23,27H,15H2,1-5H3,(H,35,39)(H,36,38). The van der Waals surface area contributed by atoms with Crippen molar-refractivity contribution in [2.75, 3.05) is 19.4 Å². The number of benzene rings is 3. The number of nitrogens with one attached hydrogen (secondary N) is 2. The van der Waals surface area contributed by atoms with Crippen molar-refractivity contribution in [3.05, 3.63) is 92.7 Å². The van der Waals surface area contributed by atoms with Gasteiger partial charge in [0.05, 0.1) is 6.04 Å². The van der Waals surface area contributed by atoms with Crippen molar-refractivity contribution in [2.45, 2.75) is 50.2 Å². The van der Waals surface area contributed by atoms with Gasteiger partial charge in [-0.25, -0.2) is 4.39 Å². The summed E-state index contributed by atoms with van der Waals surface area (Å²) >= 11 is 12.8. The van der Waals surface area contributed by atoms with E-state index in [1.807, 2.05) is 0 Å². The molecule has 1 saturated heterocycles. The SMILES string of the molecule is Cc1ccc(F)cc1C1NC(=O)CC(c2cc(Cl)ccc2OC(C)(C)C(=O)N(C)C)C12C(=O)Nc1cc(Cl)ccc12. The minimum Gasteiger partial charge on any atom is -0.478 e. The largest absolute Gasteiger partial charge is 0.478 e. The Balaban J connectivity index is 1.80. The van der Waals surface area contributed by atoms with E-state index in [1.54, 1.807) is 77.3 Å². The Hall–Kier alpha value is -3.62. The van der Waals surface area contributed by atoms with Gasteiger partial charge in [-0.1, -0.05) is 35.3 Å². The Bertz CT molecular complexity index is 1590. The molecule has 0 radical (unpaired) electrons. The van der Waals surface area contributed by atoms with E-state index in [4.69, 9.17) is 27.9 Å². The number of halogens is 3. The van der Waals surface area contributed by atoms with Crippen LogP contribution in [0.2, 0.25) is 10.0 Å². The van der Waals surface area contributed by atoms with Crippen LogP contribution in [-0.2, 0) is 19.8 Å². The summed E-state index contributed by atoms with van der Waals surface area (Å²) in [6, 6.07) is 13.4. The third kappa shape index (κ3) is 4.83. The summed E-state index contributed by atoms with van der Waals surface area (Å²) in [7, 11) is 3.26. The van der Waals surface area contributed by atoms with Crippen LogP contribution in [-0.4, -0.2) is 42.3 Å². The first-order chi connectivity index (χ1) is 19.2. The second-order valence-corrected chi connectivity index (χ2v) is 12.1. The van der Waals surface area contributed by atoms with Crippen molar-refractivity contribution >= 4 is 46.6 Å². The molecule has 3 aromatic carbocycles. The van der Waals surface area contributed by atoms with Crippen LogP contribution < -0.4 is 15.4 Å². The lowest BCUT2D eigenvalue weighted by molar-refractivity contribution is -0.143. The minimum absolute atomic E-state index is 0.0981. The molecule has 1 fully saturated rings. The fraction of sp³-hybridized carbons (Fsp3) is 0.323. The molecule has 2 N–H and O–H groups in total. The molecule has 0 bridgehead atoms. The highest BCUT2D eigenvalue weighted by Gasteiger charge is 2.62. The number of nitrogens with zero attached hydrogens (tertiary/aromatic N) is 1. The maximum atomic E-state index is 14.7. The fourth-order valence-corrected chi connectivity index (χ4v) is 6.54. The van der Waals surface area contributed by atoms with E-state index >= 15 is 0 Å². The molecule has 3 atom stereocenters. The molecule has 1 spiro atoms. The van der Waals surface area contributed by atoms with Gasteiger partial charge in [0.25, 0.3) is 5.91 Å². The third-order valence-electron chi connectivity index (χ3n) is 7.94. The predicted molar refractivity (Wildman–Crippen MR) is 156 cm³/mol. The van der Waals surface area contributed by atoms with E-state index in [9.17, 15) is 18.8 Å². The fourth-order valence-electron chi connectivity index (χ4n) is 6.18. The van der Waals surface area contributed by atoms with Gasteiger partial charge in [-0.15, -0.1) is 0 Å². The van der Waals surface area contributed by atoms with Crippen LogP contribution >= 0.6 is 23.2 Å². The number of aryl methyl sites for hydroxylation is 1. The predicted octanol–water partition coefficient (Wildman–Crippen LogP) is 5.92. The Kier molecular flexibility index (Phi) is 7.28. The normalized spacial score (nSPS) is 21.8. The van der Waals surface area contributed by atoms with Gasteiger partial charge in [-0.2, -0.15) is 0 Å². The highest BCUT2D eigenvalue weighted by atomic mass is 35.5. The lowest BCUT2D eigenvalue weighted by Gasteiger charge is -2.47. The van der Waals surface area contributed by atoms with E-state index in [-0.39, 0.29) is 24.1 Å². The van der Waals surface area contributed by atoms with Crippen molar-refractivity contribution in [3.63, 3.8) is 0 Å². The number of amides is 3. The first-order valence-electron chi connectivity index (χ1n) is 13.1. The molecular formula is C31H30Cl2FN3O4. The van der Waals surface area contributed by atoms with E-state index in [0.29, 0.717) is 43.7 Å². The Labute approximate surface area is 248 Å². The van der Waals surface area contributed by atoms with Crippen molar-refractivity contribution in [3.8, 4) is 5.75 Å². The average Bonchev–Trinajstić information content (AvgIpc) is 3.18. The molecular weight excluding hydrogens is 568 g/mol. The molecule has 5 rings (SSSR count). The summed E-state index contributed by atoms with van der Waals surface area (Å²) < 4.78 is 21.0. The molecule has 0 aromatic heterocycles. The molecule has 2 aliphatic heterocycles. The zero-order valence-electron chi connectivity index (χ0n) is 23.3. The molecule has 214 valence electrons. The molecule has 3 amide bonds. The van der Waals surface area contributed by atoms with Gasteiger partial charge >= 0.3 is 0 Å². The zero-order chi connectivity index (χ0) is 29.9. The van der Waals surface area contributed by atoms with Gasteiger partial charge in [0.1, 0.15) is 17.0 Å². The summed E-state index contributed by atoms with van der Waals surface area (Å²) in [6.07, 6.45) is -0.0981. The smallest absolute Gasteiger partial charge is 0.265 e. The molecule has 0 aliphatic carbocycles. The number of carbonyl (C=O) groups excluding carboxylic acids is 3. The van der Waals surface area contributed by atoms with Crippen LogP contribution in [0.15, 0.2) is 54.6 Å². The van der Waals surface area contributed by atoms with E-state index < -0.39 is 28.8 Å². The monoisotopic (exact) mass is 597 g/mol. The summed E-state index contributed by atoms with van der Waals surface area (Å²) in [6.45, 7) is 5.10. The highest BCUT2D eigenvalue weighted by molar-refractivity contribution is 6.31. The highest BCUT2D eigenvalue weighted by Crippen LogP contribution is 2.59. The Morgan fingerprint density at radius 2 is 1.71 bits per heavy atom. The van der Waals surface area contributed by atoms with Crippen LogP contribution in [0, 0.1) is 12.7 Å². The van der Waals surface area contributed by atoms with Crippen molar-refractivity contribution in [1.29, 1.82) is 0 Å². The quantitative estimate of drug-likeness (QED) is 0.382. The number of piperidine rings is 1. The Morgan fingerprint density at radius 3 is 2.41 bits per heavy atom. The average molecular weight is 599 g/mol. The summed E-state index contributed by atoms with van der Waals surface area (Å²) in [5.74, 6) is -2.00.